The van der Waals surface area contributed by atoms with E-state index in [1.807, 2.05) is 54.6 Å². The molecule has 1 aromatic heterocycles. The van der Waals surface area contributed by atoms with Crippen LogP contribution in [0, 0.1) is 0 Å². The first-order valence-corrected chi connectivity index (χ1v) is 14.5. The molecular formula is C36H28BF2N3O4. The van der Waals surface area contributed by atoms with E-state index in [0.29, 0.717) is 50.7 Å². The monoisotopic (exact) mass is 615 g/mol. The predicted molar refractivity (Wildman–Crippen MR) is 177 cm³/mol. The Balaban J connectivity index is 1.53. The second-order valence-corrected chi connectivity index (χ2v) is 10.5. The number of carboxylic acids is 1. The van der Waals surface area contributed by atoms with Crippen LogP contribution in [-0.4, -0.2) is 47.7 Å². The minimum absolute atomic E-state index is 0.0493. The molecular weight excluding hydrogens is 587 g/mol. The average molecular weight is 615 g/mol. The Morgan fingerprint density at radius 1 is 0.826 bits per heavy atom. The molecule has 1 atom stereocenters. The van der Waals surface area contributed by atoms with E-state index in [9.17, 15) is 9.90 Å². The molecule has 1 unspecified atom stereocenters. The SMILES string of the molecule is COc1ccc(-c2cc(-c3ccccc3)n(B(F)F)c2N=C2N=C(c3ccccc3)C=C2c2ccc(OC(C)C(=O)O)cc2)cc1. The van der Waals surface area contributed by atoms with Crippen molar-refractivity contribution in [3.05, 3.63) is 132 Å². The highest BCUT2D eigenvalue weighted by molar-refractivity contribution is 6.43. The molecule has 0 saturated heterocycles. The Hall–Kier alpha value is -5.77. The zero-order chi connectivity index (χ0) is 32.2. The lowest BCUT2D eigenvalue weighted by molar-refractivity contribution is -0.144. The highest BCUT2D eigenvalue weighted by atomic mass is 19.2. The third kappa shape index (κ3) is 6.23. The topological polar surface area (TPSA) is 85.4 Å². The summed E-state index contributed by atoms with van der Waals surface area (Å²) in [5, 5.41) is 9.22. The van der Waals surface area contributed by atoms with Gasteiger partial charge in [-0.25, -0.2) is 14.8 Å². The molecule has 0 bridgehead atoms. The van der Waals surface area contributed by atoms with Crippen molar-refractivity contribution in [1.29, 1.82) is 0 Å². The van der Waals surface area contributed by atoms with E-state index in [-0.39, 0.29) is 11.7 Å². The molecule has 228 valence electrons. The number of amidine groups is 1. The van der Waals surface area contributed by atoms with Crippen LogP contribution in [0.2, 0.25) is 0 Å². The van der Waals surface area contributed by atoms with Crippen molar-refractivity contribution in [3.8, 4) is 33.9 Å². The van der Waals surface area contributed by atoms with Crippen LogP contribution in [0.4, 0.5) is 14.4 Å². The Kier molecular flexibility index (Phi) is 8.60. The summed E-state index contributed by atoms with van der Waals surface area (Å²) in [5.41, 5.74) is 4.89. The number of nitrogens with zero attached hydrogens (tertiary/aromatic N) is 3. The first-order chi connectivity index (χ1) is 22.3. The van der Waals surface area contributed by atoms with E-state index >= 15 is 8.63 Å². The molecule has 0 fully saturated rings. The molecule has 0 amide bonds. The largest absolute Gasteiger partial charge is 0.679 e. The summed E-state index contributed by atoms with van der Waals surface area (Å²) in [6.45, 7) is 1.45. The molecule has 2 heterocycles. The highest BCUT2D eigenvalue weighted by Gasteiger charge is 2.30. The van der Waals surface area contributed by atoms with E-state index in [0.717, 1.165) is 10.0 Å². The van der Waals surface area contributed by atoms with Gasteiger partial charge in [-0.1, -0.05) is 84.9 Å². The lowest BCUT2D eigenvalue weighted by atomic mass is 10.0. The number of carboxylic acid groups (broad SMARTS) is 1. The van der Waals surface area contributed by atoms with Gasteiger partial charge in [-0.2, -0.15) is 0 Å². The third-order valence-electron chi connectivity index (χ3n) is 7.53. The highest BCUT2D eigenvalue weighted by Crippen LogP contribution is 2.41. The number of aliphatic carboxylic acids is 1. The number of rotatable bonds is 10. The zero-order valence-corrected chi connectivity index (χ0v) is 25.0. The number of ether oxygens (including phenoxy) is 2. The molecule has 10 heteroatoms. The van der Waals surface area contributed by atoms with Crippen molar-refractivity contribution in [3.63, 3.8) is 0 Å². The van der Waals surface area contributed by atoms with E-state index in [1.54, 1.807) is 73.8 Å². The summed E-state index contributed by atoms with van der Waals surface area (Å²) in [6, 6.07) is 34.3. The molecule has 1 aliphatic heterocycles. The van der Waals surface area contributed by atoms with Crippen LogP contribution in [0.25, 0.3) is 28.0 Å². The average Bonchev–Trinajstić information content (AvgIpc) is 3.68. The van der Waals surface area contributed by atoms with E-state index in [2.05, 4.69) is 0 Å². The van der Waals surface area contributed by atoms with Crippen molar-refractivity contribution in [2.45, 2.75) is 13.0 Å². The summed E-state index contributed by atoms with van der Waals surface area (Å²) in [5.74, 6) is 0.230. The number of methoxy groups -OCH3 is 1. The molecule has 0 saturated carbocycles. The Labute approximate surface area is 265 Å². The predicted octanol–water partition coefficient (Wildman–Crippen LogP) is 8.07. The third-order valence-corrected chi connectivity index (χ3v) is 7.53. The number of hydrogen-bond acceptors (Lipinski definition) is 4. The van der Waals surface area contributed by atoms with Gasteiger partial charge in [0.15, 0.2) is 11.9 Å². The van der Waals surface area contributed by atoms with Crippen molar-refractivity contribution < 1.29 is 28.0 Å². The quantitative estimate of drug-likeness (QED) is 0.161. The lowest BCUT2D eigenvalue weighted by Crippen LogP contribution is -2.22. The summed E-state index contributed by atoms with van der Waals surface area (Å²) in [7, 11) is -1.34. The van der Waals surface area contributed by atoms with Gasteiger partial charge < -0.3 is 19.1 Å². The van der Waals surface area contributed by atoms with Gasteiger partial charge in [0.05, 0.1) is 12.8 Å². The minimum Gasteiger partial charge on any atom is -0.497 e. The van der Waals surface area contributed by atoms with Gasteiger partial charge in [0.25, 0.3) is 0 Å². The van der Waals surface area contributed by atoms with Crippen molar-refractivity contribution in [1.82, 2.24) is 4.48 Å². The van der Waals surface area contributed by atoms with Crippen LogP contribution < -0.4 is 9.47 Å². The van der Waals surface area contributed by atoms with E-state index in [4.69, 9.17) is 19.5 Å². The number of carbonyl (C=O) groups is 1. The smallest absolute Gasteiger partial charge is 0.497 e. The van der Waals surface area contributed by atoms with Gasteiger partial charge in [0, 0.05) is 22.4 Å². The fourth-order valence-electron chi connectivity index (χ4n) is 5.17. The van der Waals surface area contributed by atoms with Crippen LogP contribution in [0.5, 0.6) is 11.5 Å². The van der Waals surface area contributed by atoms with Crippen molar-refractivity contribution in [2.75, 3.05) is 7.11 Å². The molecule has 4 aromatic carbocycles. The Bertz CT molecular complexity index is 1950. The molecule has 0 spiro atoms. The van der Waals surface area contributed by atoms with Crippen molar-refractivity contribution in [2.24, 2.45) is 9.98 Å². The van der Waals surface area contributed by atoms with Crippen LogP contribution >= 0.6 is 0 Å². The number of allylic oxidation sites excluding steroid dienone is 1. The maximum Gasteiger partial charge on any atom is 0.679 e. The second kappa shape index (κ2) is 13.1. The molecule has 46 heavy (non-hydrogen) atoms. The number of halogens is 2. The fraction of sp³-hybridized carbons (Fsp3) is 0.0833. The fourth-order valence-corrected chi connectivity index (χ4v) is 5.17. The van der Waals surface area contributed by atoms with Gasteiger partial charge in [-0.3, -0.25) is 8.63 Å². The van der Waals surface area contributed by atoms with Gasteiger partial charge >= 0.3 is 13.4 Å². The summed E-state index contributed by atoms with van der Waals surface area (Å²) in [6.07, 6.45) is 0.837. The first kappa shape index (κ1) is 30.3. The summed E-state index contributed by atoms with van der Waals surface area (Å²) < 4.78 is 41.8. The van der Waals surface area contributed by atoms with Crippen LogP contribution in [-0.2, 0) is 4.79 Å². The number of benzene rings is 4. The molecule has 1 aliphatic rings. The second-order valence-electron chi connectivity index (χ2n) is 10.5. The molecule has 1 N–H and O–H groups in total. The van der Waals surface area contributed by atoms with Crippen LogP contribution in [0.1, 0.15) is 18.1 Å². The standard InChI is InChI=1S/C36H28BF2N3O4/c1-23(36(43)44)46-29-19-15-24(16-20-29)30-21-32(26-9-5-3-6-10-26)40-34(30)41-35-31(25-13-17-28(45-2)18-14-25)22-33(42(35)37(38)39)27-11-7-4-8-12-27/h3-23H,1-2H3,(H,43,44). The van der Waals surface area contributed by atoms with Gasteiger partial charge in [0.2, 0.25) is 0 Å². The van der Waals surface area contributed by atoms with Crippen molar-refractivity contribution >= 4 is 36.3 Å². The number of aliphatic imine (C=N–C) groups is 2. The van der Waals surface area contributed by atoms with Gasteiger partial charge in [-0.15, -0.1) is 0 Å². The van der Waals surface area contributed by atoms with Crippen LogP contribution in [0.3, 0.4) is 0 Å². The summed E-state index contributed by atoms with van der Waals surface area (Å²) in [4.78, 5) is 21.0. The lowest BCUT2D eigenvalue weighted by Gasteiger charge is -2.12. The molecule has 5 aromatic rings. The molecule has 6 rings (SSSR count). The molecule has 0 aliphatic carbocycles. The normalized spacial score (nSPS) is 14.0. The van der Waals surface area contributed by atoms with Crippen LogP contribution in [0.15, 0.2) is 131 Å². The summed E-state index contributed by atoms with van der Waals surface area (Å²) >= 11 is 0. The maximum atomic E-state index is 15.0. The molecule has 7 nitrogen and oxygen atoms in total. The number of aromatic nitrogens is 1. The first-order valence-electron chi connectivity index (χ1n) is 14.5. The zero-order valence-electron chi connectivity index (χ0n) is 25.0. The Morgan fingerprint density at radius 2 is 1.41 bits per heavy atom. The van der Waals surface area contributed by atoms with E-state index < -0.39 is 19.5 Å². The van der Waals surface area contributed by atoms with E-state index in [1.165, 1.54) is 6.92 Å². The van der Waals surface area contributed by atoms with Gasteiger partial charge in [0.1, 0.15) is 17.3 Å². The molecule has 0 radical (unpaired) electrons. The maximum absolute atomic E-state index is 15.0. The Morgan fingerprint density at radius 3 is 2.00 bits per heavy atom. The minimum atomic E-state index is -2.90. The van der Waals surface area contributed by atoms with Gasteiger partial charge in [-0.05, 0) is 60.0 Å². The number of hydrogen-bond donors (Lipinski definition) is 1.